The number of ether oxygens (including phenoxy) is 1. The minimum atomic E-state index is -0.217. The van der Waals surface area contributed by atoms with E-state index >= 15 is 0 Å². The Balaban J connectivity index is 2.00. The van der Waals surface area contributed by atoms with E-state index in [1.165, 1.54) is 5.56 Å². The molecule has 1 aliphatic heterocycles. The fourth-order valence-corrected chi connectivity index (χ4v) is 2.05. The summed E-state index contributed by atoms with van der Waals surface area (Å²) >= 11 is 0. The summed E-state index contributed by atoms with van der Waals surface area (Å²) in [6.07, 6.45) is 0.599. The van der Waals surface area contributed by atoms with Crippen molar-refractivity contribution < 1.29 is 9.53 Å². The van der Waals surface area contributed by atoms with E-state index in [4.69, 9.17) is 10.5 Å². The van der Waals surface area contributed by atoms with Crippen molar-refractivity contribution in [3.63, 3.8) is 0 Å². The number of hydrogen-bond donors (Lipinski definition) is 1. The molecule has 4 nitrogen and oxygen atoms in total. The summed E-state index contributed by atoms with van der Waals surface area (Å²) in [5, 5.41) is 0. The number of benzene rings is 1. The van der Waals surface area contributed by atoms with E-state index in [0.717, 1.165) is 13.0 Å². The molecule has 0 spiro atoms. The first-order chi connectivity index (χ1) is 8.31. The average Bonchev–Trinajstić information content (AvgIpc) is 2.39. The summed E-state index contributed by atoms with van der Waals surface area (Å²) in [4.78, 5) is 13.3. The van der Waals surface area contributed by atoms with Gasteiger partial charge in [-0.2, -0.15) is 0 Å². The summed E-state index contributed by atoms with van der Waals surface area (Å²) in [6, 6.07) is 10.2. The van der Waals surface area contributed by atoms with Crippen LogP contribution in [0.15, 0.2) is 30.3 Å². The van der Waals surface area contributed by atoms with Gasteiger partial charge in [-0.3, -0.25) is 0 Å². The van der Waals surface area contributed by atoms with Crippen LogP contribution in [0.25, 0.3) is 0 Å². The Morgan fingerprint density at radius 2 is 2.12 bits per heavy atom. The highest BCUT2D eigenvalue weighted by Crippen LogP contribution is 2.22. The molecule has 2 rings (SSSR count). The van der Waals surface area contributed by atoms with Gasteiger partial charge in [-0.1, -0.05) is 30.3 Å². The smallest absolute Gasteiger partial charge is 0.409 e. The second kappa shape index (κ2) is 5.68. The molecule has 1 aromatic carbocycles. The van der Waals surface area contributed by atoms with E-state index in [-0.39, 0.29) is 12.0 Å². The van der Waals surface area contributed by atoms with Crippen LogP contribution in [-0.4, -0.2) is 37.2 Å². The first-order valence-corrected chi connectivity index (χ1v) is 5.98. The number of nitrogens with two attached hydrogens (primary N) is 1. The van der Waals surface area contributed by atoms with Crippen molar-refractivity contribution in [1.82, 2.24) is 4.90 Å². The molecule has 0 aliphatic carbocycles. The summed E-state index contributed by atoms with van der Waals surface area (Å²) < 4.78 is 5.20. The van der Waals surface area contributed by atoms with Gasteiger partial charge < -0.3 is 15.4 Å². The highest BCUT2D eigenvalue weighted by molar-refractivity contribution is 5.68. The van der Waals surface area contributed by atoms with Crippen LogP contribution in [-0.2, 0) is 4.74 Å². The van der Waals surface area contributed by atoms with Crippen LogP contribution in [0.2, 0.25) is 0 Å². The van der Waals surface area contributed by atoms with E-state index in [2.05, 4.69) is 12.1 Å². The van der Waals surface area contributed by atoms with Gasteiger partial charge in [-0.15, -0.1) is 0 Å². The quantitative estimate of drug-likeness (QED) is 0.860. The molecule has 0 saturated carbocycles. The largest absolute Gasteiger partial charge is 0.449 e. The SMILES string of the molecule is NCCCN1CC(c2ccccc2)COC1=O. The number of carbonyl (C=O) groups excluding carboxylic acids is 1. The molecule has 1 amide bonds. The normalized spacial score (nSPS) is 20.2. The highest BCUT2D eigenvalue weighted by Gasteiger charge is 2.27. The van der Waals surface area contributed by atoms with Crippen LogP contribution in [0.3, 0.4) is 0 Å². The third kappa shape index (κ3) is 2.97. The number of rotatable bonds is 4. The molecule has 1 fully saturated rings. The Bertz CT molecular complexity index is 367. The third-order valence-electron chi connectivity index (χ3n) is 3.01. The van der Waals surface area contributed by atoms with Gasteiger partial charge in [0.1, 0.15) is 6.61 Å². The zero-order chi connectivity index (χ0) is 12.1. The van der Waals surface area contributed by atoms with E-state index in [1.807, 2.05) is 18.2 Å². The predicted molar refractivity (Wildman–Crippen MR) is 65.8 cm³/mol. The Morgan fingerprint density at radius 3 is 2.82 bits per heavy atom. The lowest BCUT2D eigenvalue weighted by atomic mass is 9.98. The molecule has 1 aromatic rings. The number of hydrogen-bond acceptors (Lipinski definition) is 3. The molecule has 0 aromatic heterocycles. The number of carbonyl (C=O) groups is 1. The second-order valence-electron chi connectivity index (χ2n) is 4.27. The summed E-state index contributed by atoms with van der Waals surface area (Å²) in [5.41, 5.74) is 6.68. The lowest BCUT2D eigenvalue weighted by Crippen LogP contribution is -2.42. The maximum atomic E-state index is 11.5. The molecule has 1 saturated heterocycles. The van der Waals surface area contributed by atoms with Gasteiger partial charge in [0.15, 0.2) is 0 Å². The van der Waals surface area contributed by atoms with E-state index in [9.17, 15) is 4.79 Å². The molecule has 1 unspecified atom stereocenters. The van der Waals surface area contributed by atoms with Gasteiger partial charge in [-0.05, 0) is 18.5 Å². The maximum absolute atomic E-state index is 11.5. The molecule has 0 radical (unpaired) electrons. The van der Waals surface area contributed by atoms with E-state index in [0.29, 0.717) is 19.7 Å². The molecule has 2 N–H and O–H groups in total. The molecule has 4 heteroatoms. The lowest BCUT2D eigenvalue weighted by molar-refractivity contribution is 0.0615. The Morgan fingerprint density at radius 1 is 1.35 bits per heavy atom. The maximum Gasteiger partial charge on any atom is 0.409 e. The number of amides is 1. The average molecular weight is 234 g/mol. The Hall–Kier alpha value is -1.55. The second-order valence-corrected chi connectivity index (χ2v) is 4.27. The molecule has 0 bridgehead atoms. The van der Waals surface area contributed by atoms with E-state index < -0.39 is 0 Å². The van der Waals surface area contributed by atoms with Crippen molar-refractivity contribution >= 4 is 6.09 Å². The van der Waals surface area contributed by atoms with Crippen molar-refractivity contribution in [2.75, 3.05) is 26.2 Å². The zero-order valence-corrected chi connectivity index (χ0v) is 9.84. The zero-order valence-electron chi connectivity index (χ0n) is 9.84. The number of nitrogens with zero attached hydrogens (tertiary/aromatic N) is 1. The molecule has 92 valence electrons. The van der Waals surface area contributed by atoms with Gasteiger partial charge in [0.05, 0.1) is 0 Å². The molecular weight excluding hydrogens is 216 g/mol. The van der Waals surface area contributed by atoms with Crippen molar-refractivity contribution in [3.05, 3.63) is 35.9 Å². The molecule has 17 heavy (non-hydrogen) atoms. The van der Waals surface area contributed by atoms with E-state index in [1.54, 1.807) is 4.90 Å². The van der Waals surface area contributed by atoms with Crippen LogP contribution in [0.1, 0.15) is 17.9 Å². The first kappa shape index (κ1) is 11.9. The molecule has 1 aliphatic rings. The summed E-state index contributed by atoms with van der Waals surface area (Å²) in [6.45, 7) is 2.48. The third-order valence-corrected chi connectivity index (χ3v) is 3.01. The lowest BCUT2D eigenvalue weighted by Gasteiger charge is -2.32. The van der Waals surface area contributed by atoms with Gasteiger partial charge in [0.25, 0.3) is 0 Å². The molecular formula is C13H18N2O2. The summed E-state index contributed by atoms with van der Waals surface area (Å²) in [5.74, 6) is 0.270. The van der Waals surface area contributed by atoms with Crippen LogP contribution < -0.4 is 5.73 Å². The molecule has 1 heterocycles. The monoisotopic (exact) mass is 234 g/mol. The first-order valence-electron chi connectivity index (χ1n) is 5.98. The van der Waals surface area contributed by atoms with Gasteiger partial charge >= 0.3 is 6.09 Å². The minimum Gasteiger partial charge on any atom is -0.449 e. The predicted octanol–water partition coefficient (Wildman–Crippen LogP) is 1.57. The Labute approximate surface area is 101 Å². The van der Waals surface area contributed by atoms with Gasteiger partial charge in [0, 0.05) is 19.0 Å². The topological polar surface area (TPSA) is 55.6 Å². The van der Waals surface area contributed by atoms with Crippen molar-refractivity contribution in [2.24, 2.45) is 5.73 Å². The van der Waals surface area contributed by atoms with Crippen LogP contribution >= 0.6 is 0 Å². The van der Waals surface area contributed by atoms with Crippen LogP contribution in [0, 0.1) is 0 Å². The highest BCUT2D eigenvalue weighted by atomic mass is 16.6. The minimum absolute atomic E-state index is 0.217. The van der Waals surface area contributed by atoms with Gasteiger partial charge in [0.2, 0.25) is 0 Å². The van der Waals surface area contributed by atoms with Crippen LogP contribution in [0.5, 0.6) is 0 Å². The standard InChI is InChI=1S/C13H18N2O2/c14-7-4-8-15-9-12(10-17-13(15)16)11-5-2-1-3-6-11/h1-3,5-6,12H,4,7-10,14H2. The van der Waals surface area contributed by atoms with Crippen molar-refractivity contribution in [2.45, 2.75) is 12.3 Å². The fourth-order valence-electron chi connectivity index (χ4n) is 2.05. The van der Waals surface area contributed by atoms with Crippen molar-refractivity contribution in [3.8, 4) is 0 Å². The Kier molecular flexibility index (Phi) is 3.98. The molecule has 1 atom stereocenters. The number of cyclic esters (lactones) is 1. The van der Waals surface area contributed by atoms with Crippen LogP contribution in [0.4, 0.5) is 4.79 Å². The fraction of sp³-hybridized carbons (Fsp3) is 0.462. The van der Waals surface area contributed by atoms with Gasteiger partial charge in [-0.25, -0.2) is 4.79 Å². The van der Waals surface area contributed by atoms with Crippen molar-refractivity contribution in [1.29, 1.82) is 0 Å². The summed E-state index contributed by atoms with van der Waals surface area (Å²) in [7, 11) is 0.